The van der Waals surface area contributed by atoms with Crippen molar-refractivity contribution >= 4 is 9.28 Å². The molecule has 0 spiro atoms. The highest BCUT2D eigenvalue weighted by Crippen LogP contribution is 2.13. The monoisotopic (exact) mass is 268 g/mol. The lowest BCUT2D eigenvalue weighted by molar-refractivity contribution is 0.0860. The molecule has 0 heterocycles. The van der Waals surface area contributed by atoms with Crippen molar-refractivity contribution < 1.29 is 14.0 Å². The molecule has 0 aliphatic heterocycles. The van der Waals surface area contributed by atoms with Crippen LogP contribution in [0.1, 0.15) is 38.4 Å². The predicted molar refractivity (Wildman–Crippen MR) is 75.8 cm³/mol. The van der Waals surface area contributed by atoms with Gasteiger partial charge in [0.05, 0.1) is 6.61 Å². The molecular formula is C14H24O3Si. The fourth-order valence-corrected chi connectivity index (χ4v) is 3.47. The Labute approximate surface area is 112 Å². The zero-order valence-corrected chi connectivity index (χ0v) is 12.5. The van der Waals surface area contributed by atoms with Gasteiger partial charge in [-0.25, -0.2) is 0 Å². The minimum atomic E-state index is -1.59. The molecule has 1 aromatic rings. The summed E-state index contributed by atoms with van der Waals surface area (Å²) >= 11 is 0. The van der Waals surface area contributed by atoms with Crippen LogP contribution in [0.5, 0.6) is 0 Å². The molecule has 0 bridgehead atoms. The Kier molecular flexibility index (Phi) is 7.92. The van der Waals surface area contributed by atoms with E-state index in [1.807, 2.05) is 30.3 Å². The molecule has 0 amide bonds. The number of rotatable bonds is 9. The topological polar surface area (TPSA) is 38.7 Å². The SMILES string of the molecule is CCCO[SiH](CCC)OCC(O)c1ccccc1. The van der Waals surface area contributed by atoms with Crippen LogP contribution in [0, 0.1) is 0 Å². The number of hydrogen-bond acceptors (Lipinski definition) is 3. The first-order chi connectivity index (χ1) is 8.77. The fourth-order valence-electron chi connectivity index (χ4n) is 1.67. The van der Waals surface area contributed by atoms with Crippen molar-refractivity contribution in [2.75, 3.05) is 13.2 Å². The summed E-state index contributed by atoms with van der Waals surface area (Å²) in [6.07, 6.45) is 1.53. The molecule has 0 aliphatic rings. The third-order valence-corrected chi connectivity index (χ3v) is 4.88. The fraction of sp³-hybridized carbons (Fsp3) is 0.571. The Balaban J connectivity index is 2.36. The summed E-state index contributed by atoms with van der Waals surface area (Å²) in [6, 6.07) is 10.6. The lowest BCUT2D eigenvalue weighted by Crippen LogP contribution is -2.25. The van der Waals surface area contributed by atoms with Gasteiger partial charge in [-0.15, -0.1) is 0 Å². The molecule has 18 heavy (non-hydrogen) atoms. The molecule has 2 atom stereocenters. The summed E-state index contributed by atoms with van der Waals surface area (Å²) in [5.41, 5.74) is 0.900. The molecule has 2 unspecified atom stereocenters. The Hall–Kier alpha value is -0.683. The van der Waals surface area contributed by atoms with E-state index in [0.717, 1.165) is 31.1 Å². The predicted octanol–water partition coefficient (Wildman–Crippen LogP) is 2.79. The number of aliphatic hydroxyl groups excluding tert-OH is 1. The molecule has 1 rings (SSSR count). The first-order valence-electron chi connectivity index (χ1n) is 6.74. The van der Waals surface area contributed by atoms with Crippen molar-refractivity contribution in [3.8, 4) is 0 Å². The molecule has 1 aromatic carbocycles. The van der Waals surface area contributed by atoms with Gasteiger partial charge >= 0.3 is 9.28 Å². The second-order valence-corrected chi connectivity index (χ2v) is 6.45. The smallest absolute Gasteiger partial charge is 0.321 e. The van der Waals surface area contributed by atoms with Crippen LogP contribution in [-0.4, -0.2) is 27.6 Å². The highest BCUT2D eigenvalue weighted by molar-refractivity contribution is 6.44. The van der Waals surface area contributed by atoms with E-state index in [0.29, 0.717) is 6.61 Å². The first kappa shape index (κ1) is 15.4. The van der Waals surface area contributed by atoms with Crippen LogP contribution < -0.4 is 0 Å². The Bertz CT molecular complexity index is 305. The molecule has 0 aliphatic carbocycles. The number of aliphatic hydroxyl groups is 1. The molecule has 4 heteroatoms. The Morgan fingerprint density at radius 2 is 1.83 bits per heavy atom. The zero-order chi connectivity index (χ0) is 13.2. The van der Waals surface area contributed by atoms with Crippen LogP contribution in [-0.2, 0) is 8.85 Å². The van der Waals surface area contributed by atoms with E-state index in [1.54, 1.807) is 0 Å². The maximum Gasteiger partial charge on any atom is 0.321 e. The largest absolute Gasteiger partial charge is 0.397 e. The van der Waals surface area contributed by atoms with Crippen molar-refractivity contribution in [1.82, 2.24) is 0 Å². The summed E-state index contributed by atoms with van der Waals surface area (Å²) in [5, 5.41) is 10.0. The highest BCUT2D eigenvalue weighted by Gasteiger charge is 2.15. The van der Waals surface area contributed by atoms with E-state index < -0.39 is 15.4 Å². The van der Waals surface area contributed by atoms with Gasteiger partial charge in [0.25, 0.3) is 0 Å². The van der Waals surface area contributed by atoms with Gasteiger partial charge in [0.15, 0.2) is 0 Å². The van der Waals surface area contributed by atoms with Crippen molar-refractivity contribution in [2.24, 2.45) is 0 Å². The van der Waals surface area contributed by atoms with E-state index in [4.69, 9.17) is 8.85 Å². The average molecular weight is 268 g/mol. The summed E-state index contributed by atoms with van der Waals surface area (Å²) in [7, 11) is -1.59. The van der Waals surface area contributed by atoms with Gasteiger partial charge in [0, 0.05) is 6.61 Å². The number of benzene rings is 1. The van der Waals surface area contributed by atoms with Crippen LogP contribution in [0.15, 0.2) is 30.3 Å². The zero-order valence-electron chi connectivity index (χ0n) is 11.3. The second kappa shape index (κ2) is 9.27. The molecule has 0 fully saturated rings. The van der Waals surface area contributed by atoms with Crippen LogP contribution in [0.4, 0.5) is 0 Å². The first-order valence-corrected chi connectivity index (χ1v) is 8.50. The minimum absolute atomic E-state index is 0.338. The standard InChI is InChI=1S/C14H24O3Si/c1-3-10-16-18(11-4-2)17-12-14(15)13-8-6-5-7-9-13/h5-9,14-15,18H,3-4,10-12H2,1-2H3. The Morgan fingerprint density at radius 3 is 2.44 bits per heavy atom. The molecule has 1 N–H and O–H groups in total. The quantitative estimate of drug-likeness (QED) is 0.700. The van der Waals surface area contributed by atoms with Gasteiger partial charge in [0.2, 0.25) is 0 Å². The van der Waals surface area contributed by atoms with Gasteiger partial charge in [-0.3, -0.25) is 0 Å². The molecule has 0 saturated heterocycles. The normalized spacial score (nSPS) is 14.4. The van der Waals surface area contributed by atoms with Crippen LogP contribution in [0.3, 0.4) is 0 Å². The summed E-state index contributed by atoms with van der Waals surface area (Å²) in [6.45, 7) is 5.32. The van der Waals surface area contributed by atoms with Gasteiger partial charge in [-0.2, -0.15) is 0 Å². The third-order valence-electron chi connectivity index (χ3n) is 2.66. The number of hydrogen-bond donors (Lipinski definition) is 1. The maximum atomic E-state index is 10.0. The molecule has 0 saturated carbocycles. The van der Waals surface area contributed by atoms with Crippen LogP contribution in [0.25, 0.3) is 0 Å². The lowest BCUT2D eigenvalue weighted by atomic mass is 10.1. The van der Waals surface area contributed by atoms with E-state index in [2.05, 4.69) is 13.8 Å². The van der Waals surface area contributed by atoms with E-state index >= 15 is 0 Å². The van der Waals surface area contributed by atoms with Gasteiger partial charge in [0.1, 0.15) is 6.10 Å². The van der Waals surface area contributed by atoms with Crippen LogP contribution >= 0.6 is 0 Å². The van der Waals surface area contributed by atoms with E-state index in [9.17, 15) is 5.11 Å². The van der Waals surface area contributed by atoms with Crippen molar-refractivity contribution in [3.05, 3.63) is 35.9 Å². The van der Waals surface area contributed by atoms with Gasteiger partial charge < -0.3 is 14.0 Å². The van der Waals surface area contributed by atoms with Crippen LogP contribution in [0.2, 0.25) is 6.04 Å². The molecule has 102 valence electrons. The van der Waals surface area contributed by atoms with Crippen molar-refractivity contribution in [1.29, 1.82) is 0 Å². The molecular weight excluding hydrogens is 244 g/mol. The van der Waals surface area contributed by atoms with Gasteiger partial charge in [-0.1, -0.05) is 50.6 Å². The minimum Gasteiger partial charge on any atom is -0.397 e. The van der Waals surface area contributed by atoms with Crippen molar-refractivity contribution in [3.63, 3.8) is 0 Å². The summed E-state index contributed by atoms with van der Waals surface area (Å²) in [4.78, 5) is 0. The molecule has 0 aromatic heterocycles. The third kappa shape index (κ3) is 5.77. The van der Waals surface area contributed by atoms with Crippen molar-refractivity contribution in [2.45, 2.75) is 38.8 Å². The Morgan fingerprint density at radius 1 is 1.11 bits per heavy atom. The lowest BCUT2D eigenvalue weighted by Gasteiger charge is -2.18. The van der Waals surface area contributed by atoms with Gasteiger partial charge in [-0.05, 0) is 18.0 Å². The highest BCUT2D eigenvalue weighted by atomic mass is 28.3. The van der Waals surface area contributed by atoms with E-state index in [-0.39, 0.29) is 0 Å². The average Bonchev–Trinajstić information content (AvgIpc) is 2.42. The maximum absolute atomic E-state index is 10.0. The summed E-state index contributed by atoms with van der Waals surface area (Å²) < 4.78 is 11.5. The second-order valence-electron chi connectivity index (χ2n) is 4.35. The molecule has 3 nitrogen and oxygen atoms in total. The summed E-state index contributed by atoms with van der Waals surface area (Å²) in [5.74, 6) is 0. The molecule has 0 radical (unpaired) electrons. The van der Waals surface area contributed by atoms with E-state index in [1.165, 1.54) is 0 Å².